The molecule has 0 bridgehead atoms. The molecule has 152 valence electrons. The van der Waals surface area contributed by atoms with E-state index in [0.29, 0.717) is 11.5 Å². The standard InChI is InChI=1S/C23H21N3O2S2/c1-13-4-7-16(8-5-13)17-11-29-22-21(17)23(25-15(3)24-22)30-12-20(28)26-18-10-14(2)6-9-19(18)27/h4-11,27H,12H2,1-3H3,(H,26,28). The molecule has 0 aliphatic rings. The minimum atomic E-state index is -0.197. The molecule has 7 heteroatoms. The number of hydrogen-bond donors (Lipinski definition) is 2. The lowest BCUT2D eigenvalue weighted by molar-refractivity contribution is -0.113. The summed E-state index contributed by atoms with van der Waals surface area (Å²) in [5.41, 5.74) is 4.77. The molecule has 0 radical (unpaired) electrons. The van der Waals surface area contributed by atoms with E-state index in [9.17, 15) is 9.90 Å². The van der Waals surface area contributed by atoms with E-state index >= 15 is 0 Å². The summed E-state index contributed by atoms with van der Waals surface area (Å²) >= 11 is 2.96. The van der Waals surface area contributed by atoms with Crippen LogP contribution in [0.4, 0.5) is 5.69 Å². The summed E-state index contributed by atoms with van der Waals surface area (Å²) in [6.07, 6.45) is 0. The van der Waals surface area contributed by atoms with Crippen LogP contribution in [-0.2, 0) is 4.79 Å². The van der Waals surface area contributed by atoms with Crippen LogP contribution in [0.25, 0.3) is 21.3 Å². The minimum Gasteiger partial charge on any atom is -0.506 e. The predicted molar refractivity (Wildman–Crippen MR) is 125 cm³/mol. The summed E-state index contributed by atoms with van der Waals surface area (Å²) in [5, 5.41) is 16.6. The zero-order valence-corrected chi connectivity index (χ0v) is 18.5. The molecular weight excluding hydrogens is 414 g/mol. The maximum absolute atomic E-state index is 12.5. The van der Waals surface area contributed by atoms with Crippen molar-refractivity contribution >= 4 is 44.9 Å². The highest BCUT2D eigenvalue weighted by Gasteiger charge is 2.16. The van der Waals surface area contributed by atoms with Crippen molar-refractivity contribution in [2.75, 3.05) is 11.1 Å². The van der Waals surface area contributed by atoms with Gasteiger partial charge in [0.25, 0.3) is 0 Å². The van der Waals surface area contributed by atoms with Crippen LogP contribution < -0.4 is 5.32 Å². The first kappa shape index (κ1) is 20.4. The van der Waals surface area contributed by atoms with Gasteiger partial charge in [0.2, 0.25) is 5.91 Å². The fraction of sp³-hybridized carbons (Fsp3) is 0.174. The van der Waals surface area contributed by atoms with E-state index in [-0.39, 0.29) is 17.4 Å². The summed E-state index contributed by atoms with van der Waals surface area (Å²) in [5.74, 6) is 0.720. The van der Waals surface area contributed by atoms with Gasteiger partial charge in [0.15, 0.2) is 0 Å². The number of aromatic nitrogens is 2. The molecule has 0 spiro atoms. The third-order valence-electron chi connectivity index (χ3n) is 4.64. The fourth-order valence-electron chi connectivity index (χ4n) is 3.13. The molecule has 30 heavy (non-hydrogen) atoms. The first-order valence-corrected chi connectivity index (χ1v) is 11.3. The van der Waals surface area contributed by atoms with Gasteiger partial charge in [-0.05, 0) is 44.0 Å². The lowest BCUT2D eigenvalue weighted by Crippen LogP contribution is -2.14. The van der Waals surface area contributed by atoms with Crippen LogP contribution in [0.5, 0.6) is 5.75 Å². The molecule has 5 nitrogen and oxygen atoms in total. The van der Waals surface area contributed by atoms with Crippen LogP contribution in [-0.4, -0.2) is 26.7 Å². The molecule has 0 fully saturated rings. The van der Waals surface area contributed by atoms with Crippen LogP contribution in [0.3, 0.4) is 0 Å². The fourth-order valence-corrected chi connectivity index (χ4v) is 5.08. The Morgan fingerprint density at radius 3 is 2.57 bits per heavy atom. The molecule has 1 amide bonds. The van der Waals surface area contributed by atoms with E-state index in [0.717, 1.165) is 31.9 Å². The number of amides is 1. The first-order chi connectivity index (χ1) is 14.4. The number of nitrogens with zero attached hydrogens (tertiary/aromatic N) is 2. The Bertz CT molecular complexity index is 1230. The van der Waals surface area contributed by atoms with Crippen molar-refractivity contribution in [1.82, 2.24) is 9.97 Å². The molecule has 2 aromatic heterocycles. The number of benzene rings is 2. The molecule has 0 unspecified atom stereocenters. The lowest BCUT2D eigenvalue weighted by Gasteiger charge is -2.09. The predicted octanol–water partition coefficient (Wildman–Crippen LogP) is 5.72. The van der Waals surface area contributed by atoms with Crippen LogP contribution in [0.15, 0.2) is 52.9 Å². The van der Waals surface area contributed by atoms with Crippen molar-refractivity contribution in [3.63, 3.8) is 0 Å². The minimum absolute atomic E-state index is 0.0544. The van der Waals surface area contributed by atoms with Gasteiger partial charge in [0.05, 0.1) is 16.8 Å². The van der Waals surface area contributed by atoms with Gasteiger partial charge in [0.1, 0.15) is 21.4 Å². The molecule has 4 aromatic rings. The molecule has 2 heterocycles. The maximum atomic E-state index is 12.5. The number of aryl methyl sites for hydroxylation is 3. The van der Waals surface area contributed by atoms with Gasteiger partial charge in [-0.1, -0.05) is 47.7 Å². The second-order valence-electron chi connectivity index (χ2n) is 7.13. The van der Waals surface area contributed by atoms with Crippen LogP contribution in [0.1, 0.15) is 17.0 Å². The number of rotatable bonds is 5. The quantitative estimate of drug-likeness (QED) is 0.238. The van der Waals surface area contributed by atoms with Gasteiger partial charge in [-0.2, -0.15) is 0 Å². The number of fused-ring (bicyclic) bond motifs is 1. The highest BCUT2D eigenvalue weighted by molar-refractivity contribution is 8.00. The molecule has 0 atom stereocenters. The number of carbonyl (C=O) groups is 1. The van der Waals surface area contributed by atoms with Gasteiger partial charge in [-0.3, -0.25) is 4.79 Å². The average molecular weight is 436 g/mol. The van der Waals surface area contributed by atoms with Gasteiger partial charge >= 0.3 is 0 Å². The summed E-state index contributed by atoms with van der Waals surface area (Å²) in [4.78, 5) is 22.6. The van der Waals surface area contributed by atoms with E-state index in [2.05, 4.69) is 51.9 Å². The number of carbonyl (C=O) groups excluding carboxylic acids is 1. The number of anilines is 1. The Morgan fingerprint density at radius 2 is 1.80 bits per heavy atom. The van der Waals surface area contributed by atoms with Crippen molar-refractivity contribution in [2.24, 2.45) is 0 Å². The van der Waals surface area contributed by atoms with Gasteiger partial charge in [-0.15, -0.1) is 11.3 Å². The molecule has 0 saturated carbocycles. The number of aromatic hydroxyl groups is 1. The summed E-state index contributed by atoms with van der Waals surface area (Å²) in [6.45, 7) is 5.83. The van der Waals surface area contributed by atoms with Crippen molar-refractivity contribution in [3.8, 4) is 16.9 Å². The van der Waals surface area contributed by atoms with Crippen molar-refractivity contribution in [3.05, 3.63) is 64.8 Å². The second kappa shape index (κ2) is 8.45. The summed E-state index contributed by atoms with van der Waals surface area (Å²) in [6, 6.07) is 13.5. The smallest absolute Gasteiger partial charge is 0.234 e. The molecule has 4 rings (SSSR count). The lowest BCUT2D eigenvalue weighted by atomic mass is 10.1. The number of thiophene rings is 1. The topological polar surface area (TPSA) is 75.1 Å². The number of hydrogen-bond acceptors (Lipinski definition) is 6. The normalized spacial score (nSPS) is 11.0. The third-order valence-corrected chi connectivity index (χ3v) is 6.49. The monoisotopic (exact) mass is 435 g/mol. The van der Waals surface area contributed by atoms with E-state index in [4.69, 9.17) is 0 Å². The summed E-state index contributed by atoms with van der Waals surface area (Å²) in [7, 11) is 0. The van der Waals surface area contributed by atoms with E-state index in [1.165, 1.54) is 17.3 Å². The first-order valence-electron chi connectivity index (χ1n) is 9.46. The highest BCUT2D eigenvalue weighted by atomic mass is 32.2. The van der Waals surface area contributed by atoms with Crippen molar-refractivity contribution < 1.29 is 9.90 Å². The zero-order valence-electron chi connectivity index (χ0n) is 16.9. The number of phenols is 1. The summed E-state index contributed by atoms with van der Waals surface area (Å²) < 4.78 is 0. The van der Waals surface area contributed by atoms with Crippen LogP contribution in [0.2, 0.25) is 0 Å². The molecular formula is C23H21N3O2S2. The molecule has 0 aliphatic carbocycles. The van der Waals surface area contributed by atoms with Crippen molar-refractivity contribution in [1.29, 1.82) is 0 Å². The molecule has 2 N–H and O–H groups in total. The Morgan fingerprint density at radius 1 is 1.07 bits per heavy atom. The van der Waals surface area contributed by atoms with Gasteiger partial charge in [-0.25, -0.2) is 9.97 Å². The maximum Gasteiger partial charge on any atom is 0.234 e. The second-order valence-corrected chi connectivity index (χ2v) is 8.95. The van der Waals surface area contributed by atoms with Crippen LogP contribution >= 0.6 is 23.1 Å². The van der Waals surface area contributed by atoms with Gasteiger partial charge in [0, 0.05) is 10.9 Å². The Balaban J connectivity index is 1.60. The zero-order chi connectivity index (χ0) is 21.3. The van der Waals surface area contributed by atoms with Crippen LogP contribution in [0, 0.1) is 20.8 Å². The van der Waals surface area contributed by atoms with E-state index < -0.39 is 0 Å². The largest absolute Gasteiger partial charge is 0.506 e. The number of phenolic OH excluding ortho intramolecular Hbond substituents is 1. The molecule has 2 aromatic carbocycles. The SMILES string of the molecule is Cc1ccc(-c2csc3nc(C)nc(SCC(=O)Nc4cc(C)ccc4O)c23)cc1. The van der Waals surface area contributed by atoms with E-state index in [1.54, 1.807) is 29.5 Å². The Hall–Kier alpha value is -2.90. The van der Waals surface area contributed by atoms with E-state index in [1.807, 2.05) is 13.8 Å². The van der Waals surface area contributed by atoms with Crippen molar-refractivity contribution in [2.45, 2.75) is 25.8 Å². The Labute approximate surface area is 183 Å². The highest BCUT2D eigenvalue weighted by Crippen LogP contribution is 2.38. The molecule has 0 saturated heterocycles. The molecule has 0 aliphatic heterocycles. The number of nitrogens with one attached hydrogen (secondary N) is 1. The third kappa shape index (κ3) is 4.32. The number of thioether (sulfide) groups is 1. The van der Waals surface area contributed by atoms with Gasteiger partial charge < -0.3 is 10.4 Å². The average Bonchev–Trinajstić information content (AvgIpc) is 3.13. The Kier molecular flexibility index (Phi) is 5.74.